The van der Waals surface area contributed by atoms with Crippen molar-refractivity contribution in [3.05, 3.63) is 59.2 Å². The van der Waals surface area contributed by atoms with Gasteiger partial charge in [-0.15, -0.1) is 11.8 Å². The maximum Gasteiger partial charge on any atom is 0.241 e. The summed E-state index contributed by atoms with van der Waals surface area (Å²) in [6.07, 6.45) is 3.76. The SMILES string of the molecule is CC[C@H](NC(=O)CN(c1cccc(SC)c1)S(C)(=O)=O)c1ccc(C)cc1C. The van der Waals surface area contributed by atoms with Gasteiger partial charge in [-0.3, -0.25) is 9.10 Å². The first kappa shape index (κ1) is 22.3. The summed E-state index contributed by atoms with van der Waals surface area (Å²) in [6.45, 7) is 5.80. The molecule has 28 heavy (non-hydrogen) atoms. The Morgan fingerprint density at radius 1 is 1.18 bits per heavy atom. The molecule has 0 aromatic heterocycles. The summed E-state index contributed by atoms with van der Waals surface area (Å²) in [7, 11) is -3.60. The first-order valence-corrected chi connectivity index (χ1v) is 12.2. The maximum atomic E-state index is 12.7. The molecule has 0 aliphatic heterocycles. The van der Waals surface area contributed by atoms with E-state index in [-0.39, 0.29) is 18.5 Å². The Hall–Kier alpha value is -1.99. The number of hydrogen-bond donors (Lipinski definition) is 1. The molecule has 0 spiro atoms. The van der Waals surface area contributed by atoms with Crippen molar-refractivity contribution in [2.45, 2.75) is 38.1 Å². The molecule has 2 aromatic carbocycles. The standard InChI is InChI=1S/C21H28N2O3S2/c1-6-20(19-11-10-15(2)12-16(19)3)22-21(24)14-23(28(5,25)26)17-8-7-9-18(13-17)27-4/h7-13,20H,6,14H2,1-5H3,(H,22,24)/t20-/m0/s1. The highest BCUT2D eigenvalue weighted by Gasteiger charge is 2.23. The topological polar surface area (TPSA) is 66.5 Å². The first-order valence-electron chi connectivity index (χ1n) is 9.14. The van der Waals surface area contributed by atoms with Crippen LogP contribution in [0.25, 0.3) is 0 Å². The number of rotatable bonds is 8. The van der Waals surface area contributed by atoms with Crippen LogP contribution in [0.3, 0.4) is 0 Å². The van der Waals surface area contributed by atoms with Crippen LogP contribution in [-0.2, 0) is 14.8 Å². The predicted molar refractivity (Wildman–Crippen MR) is 118 cm³/mol. The molecule has 152 valence electrons. The lowest BCUT2D eigenvalue weighted by atomic mass is 9.97. The molecule has 0 saturated heterocycles. The highest BCUT2D eigenvalue weighted by Crippen LogP contribution is 2.25. The minimum absolute atomic E-state index is 0.160. The average molecular weight is 421 g/mol. The van der Waals surface area contributed by atoms with Crippen LogP contribution in [0.2, 0.25) is 0 Å². The van der Waals surface area contributed by atoms with Gasteiger partial charge in [-0.2, -0.15) is 0 Å². The van der Waals surface area contributed by atoms with Crippen molar-refractivity contribution in [3.63, 3.8) is 0 Å². The van der Waals surface area contributed by atoms with E-state index in [9.17, 15) is 13.2 Å². The van der Waals surface area contributed by atoms with Crippen LogP contribution in [0.15, 0.2) is 47.4 Å². The second kappa shape index (κ2) is 9.47. The molecular formula is C21H28N2O3S2. The number of thioether (sulfide) groups is 1. The minimum Gasteiger partial charge on any atom is -0.348 e. The van der Waals surface area contributed by atoms with Gasteiger partial charge in [0.2, 0.25) is 15.9 Å². The molecule has 2 rings (SSSR count). The lowest BCUT2D eigenvalue weighted by Crippen LogP contribution is -2.41. The minimum atomic E-state index is -3.60. The molecule has 0 saturated carbocycles. The van der Waals surface area contributed by atoms with Crippen molar-refractivity contribution in [2.75, 3.05) is 23.4 Å². The third kappa shape index (κ3) is 5.75. The van der Waals surface area contributed by atoms with Gasteiger partial charge in [0.15, 0.2) is 0 Å². The zero-order valence-electron chi connectivity index (χ0n) is 17.0. The molecule has 0 fully saturated rings. The molecule has 0 radical (unpaired) electrons. The second-order valence-corrected chi connectivity index (χ2v) is 9.65. The number of nitrogens with zero attached hydrogens (tertiary/aromatic N) is 1. The molecule has 5 nitrogen and oxygen atoms in total. The van der Waals surface area contributed by atoms with E-state index in [2.05, 4.69) is 11.4 Å². The summed E-state index contributed by atoms with van der Waals surface area (Å²) >= 11 is 1.52. The third-order valence-electron chi connectivity index (χ3n) is 4.57. The van der Waals surface area contributed by atoms with Gasteiger partial charge in [0.25, 0.3) is 0 Å². The number of benzene rings is 2. The summed E-state index contributed by atoms with van der Waals surface area (Å²) in [5.74, 6) is -0.327. The molecule has 7 heteroatoms. The van der Waals surface area contributed by atoms with E-state index in [1.807, 2.05) is 45.2 Å². The lowest BCUT2D eigenvalue weighted by molar-refractivity contribution is -0.120. The molecule has 0 aliphatic rings. The highest BCUT2D eigenvalue weighted by molar-refractivity contribution is 7.98. The Kier molecular flexibility index (Phi) is 7.55. The number of anilines is 1. The van der Waals surface area contributed by atoms with E-state index >= 15 is 0 Å². The first-order chi connectivity index (χ1) is 13.2. The van der Waals surface area contributed by atoms with Gasteiger partial charge in [0, 0.05) is 4.90 Å². The van der Waals surface area contributed by atoms with Crippen molar-refractivity contribution < 1.29 is 13.2 Å². The Morgan fingerprint density at radius 3 is 2.46 bits per heavy atom. The van der Waals surface area contributed by atoms with Gasteiger partial charge in [-0.1, -0.05) is 36.8 Å². The third-order valence-corrected chi connectivity index (χ3v) is 6.44. The fourth-order valence-electron chi connectivity index (χ4n) is 3.15. The number of carbonyl (C=O) groups is 1. The van der Waals surface area contributed by atoms with Gasteiger partial charge in [0.05, 0.1) is 18.0 Å². The molecule has 2 aromatic rings. The van der Waals surface area contributed by atoms with E-state index in [4.69, 9.17) is 0 Å². The zero-order valence-corrected chi connectivity index (χ0v) is 18.7. The molecule has 0 unspecified atom stereocenters. The molecule has 1 amide bonds. The van der Waals surface area contributed by atoms with Gasteiger partial charge >= 0.3 is 0 Å². The zero-order chi connectivity index (χ0) is 20.9. The number of sulfonamides is 1. The highest BCUT2D eigenvalue weighted by atomic mass is 32.2. The number of aryl methyl sites for hydroxylation is 2. The summed E-state index contributed by atoms with van der Waals surface area (Å²) < 4.78 is 25.8. The molecule has 0 heterocycles. The van der Waals surface area contributed by atoms with Crippen molar-refractivity contribution in [3.8, 4) is 0 Å². The van der Waals surface area contributed by atoms with Crippen molar-refractivity contribution in [1.82, 2.24) is 5.32 Å². The fourth-order valence-corrected chi connectivity index (χ4v) is 4.45. The largest absolute Gasteiger partial charge is 0.348 e. The van der Waals surface area contributed by atoms with Crippen LogP contribution >= 0.6 is 11.8 Å². The monoisotopic (exact) mass is 420 g/mol. The molecule has 1 N–H and O–H groups in total. The Labute approximate surface area is 172 Å². The van der Waals surface area contributed by atoms with E-state index in [1.165, 1.54) is 17.3 Å². The molecule has 0 bridgehead atoms. The van der Waals surface area contributed by atoms with Crippen LogP contribution in [0.1, 0.15) is 36.1 Å². The van der Waals surface area contributed by atoms with Crippen LogP contribution in [0.4, 0.5) is 5.69 Å². The average Bonchev–Trinajstić information content (AvgIpc) is 2.63. The molecule has 0 aliphatic carbocycles. The van der Waals surface area contributed by atoms with Crippen LogP contribution in [0.5, 0.6) is 0 Å². The summed E-state index contributed by atoms with van der Waals surface area (Å²) in [5.41, 5.74) is 3.82. The van der Waals surface area contributed by atoms with Gasteiger partial charge in [-0.05, 0) is 55.9 Å². The summed E-state index contributed by atoms with van der Waals surface area (Å²) in [5, 5.41) is 2.99. The number of nitrogens with one attached hydrogen (secondary N) is 1. The van der Waals surface area contributed by atoms with Gasteiger partial charge in [0.1, 0.15) is 6.54 Å². The smallest absolute Gasteiger partial charge is 0.241 e. The lowest BCUT2D eigenvalue weighted by Gasteiger charge is -2.25. The quantitative estimate of drug-likeness (QED) is 0.654. The van der Waals surface area contributed by atoms with E-state index in [1.54, 1.807) is 18.2 Å². The van der Waals surface area contributed by atoms with E-state index in [0.717, 1.165) is 33.0 Å². The summed E-state index contributed by atoms with van der Waals surface area (Å²) in [6, 6.07) is 13.1. The van der Waals surface area contributed by atoms with Crippen LogP contribution in [-0.4, -0.2) is 33.4 Å². The van der Waals surface area contributed by atoms with Crippen molar-refractivity contribution >= 4 is 33.4 Å². The maximum absolute atomic E-state index is 12.7. The second-order valence-electron chi connectivity index (χ2n) is 6.86. The van der Waals surface area contributed by atoms with Crippen molar-refractivity contribution in [2.24, 2.45) is 0 Å². The van der Waals surface area contributed by atoms with Gasteiger partial charge in [-0.25, -0.2) is 8.42 Å². The normalized spacial score (nSPS) is 12.5. The number of amides is 1. The Balaban J connectivity index is 2.23. The predicted octanol–water partition coefficient (Wildman–Crippen LogP) is 4.06. The van der Waals surface area contributed by atoms with E-state index < -0.39 is 10.0 Å². The molecule has 1 atom stereocenters. The number of hydrogen-bond acceptors (Lipinski definition) is 4. The Bertz CT molecular complexity index is 942. The number of carbonyl (C=O) groups excluding carboxylic acids is 1. The van der Waals surface area contributed by atoms with Crippen molar-refractivity contribution in [1.29, 1.82) is 0 Å². The Morgan fingerprint density at radius 2 is 1.89 bits per heavy atom. The fraction of sp³-hybridized carbons (Fsp3) is 0.381. The molecular weight excluding hydrogens is 392 g/mol. The summed E-state index contributed by atoms with van der Waals surface area (Å²) in [4.78, 5) is 13.7. The van der Waals surface area contributed by atoms with Crippen LogP contribution < -0.4 is 9.62 Å². The van der Waals surface area contributed by atoms with Gasteiger partial charge < -0.3 is 5.32 Å². The van der Waals surface area contributed by atoms with Crippen LogP contribution in [0, 0.1) is 13.8 Å². The van der Waals surface area contributed by atoms with E-state index in [0.29, 0.717) is 5.69 Å².